The number of hydrogen-bond acceptors (Lipinski definition) is 2. The molecule has 108 valence electrons. The molecule has 0 fully saturated rings. The molecule has 0 radical (unpaired) electrons. The van der Waals surface area contributed by atoms with Crippen molar-refractivity contribution >= 4 is 11.6 Å². The molecule has 3 aromatic rings. The number of hydrogen-bond donors (Lipinski definition) is 1. The molecule has 22 heavy (non-hydrogen) atoms. The lowest BCUT2D eigenvalue weighted by atomic mass is 10.1. The highest BCUT2D eigenvalue weighted by Crippen LogP contribution is 2.21. The minimum Gasteiger partial charge on any atom is -0.326 e. The summed E-state index contributed by atoms with van der Waals surface area (Å²) >= 11 is 0. The van der Waals surface area contributed by atoms with Crippen LogP contribution in [0.15, 0.2) is 79.1 Å². The minimum atomic E-state index is -0.0412. The quantitative estimate of drug-likeness (QED) is 0.790. The molecular weight excluding hydrogens is 272 g/mol. The molecule has 3 nitrogen and oxygen atoms in total. The molecule has 3 rings (SSSR count). The van der Waals surface area contributed by atoms with Gasteiger partial charge in [-0.3, -0.25) is 9.78 Å². The zero-order chi connectivity index (χ0) is 15.2. The third kappa shape index (κ3) is 3.58. The van der Waals surface area contributed by atoms with Gasteiger partial charge in [0.05, 0.1) is 6.42 Å². The average molecular weight is 288 g/mol. The van der Waals surface area contributed by atoms with Gasteiger partial charge in [-0.2, -0.15) is 0 Å². The third-order valence-corrected chi connectivity index (χ3v) is 3.36. The molecule has 0 saturated carbocycles. The Hall–Kier alpha value is -2.94. The molecule has 2 aromatic carbocycles. The van der Waals surface area contributed by atoms with E-state index in [9.17, 15) is 4.79 Å². The van der Waals surface area contributed by atoms with Gasteiger partial charge in [0.15, 0.2) is 0 Å². The van der Waals surface area contributed by atoms with Crippen molar-refractivity contribution in [1.82, 2.24) is 4.98 Å². The van der Waals surface area contributed by atoms with E-state index in [1.54, 1.807) is 12.4 Å². The first-order chi connectivity index (χ1) is 10.8. The van der Waals surface area contributed by atoms with Gasteiger partial charge in [-0.25, -0.2) is 0 Å². The number of pyridine rings is 1. The van der Waals surface area contributed by atoms with Crippen LogP contribution in [0.2, 0.25) is 0 Å². The summed E-state index contributed by atoms with van der Waals surface area (Å²) in [5.74, 6) is -0.0412. The fourth-order valence-electron chi connectivity index (χ4n) is 2.27. The Morgan fingerprint density at radius 2 is 1.59 bits per heavy atom. The van der Waals surface area contributed by atoms with Gasteiger partial charge in [0, 0.05) is 18.1 Å². The molecule has 3 heteroatoms. The normalized spacial score (nSPS) is 10.2. The van der Waals surface area contributed by atoms with Crippen LogP contribution in [-0.4, -0.2) is 10.9 Å². The number of nitrogens with zero attached hydrogens (tertiary/aromatic N) is 1. The SMILES string of the molecule is O=C(Cc1cccnc1)Nc1ccc(-c2ccccc2)cc1. The van der Waals surface area contributed by atoms with Crippen LogP contribution in [0, 0.1) is 0 Å². The second kappa shape index (κ2) is 6.68. The Morgan fingerprint density at radius 3 is 2.27 bits per heavy atom. The Kier molecular flexibility index (Phi) is 4.25. The van der Waals surface area contributed by atoms with Crippen LogP contribution in [0.1, 0.15) is 5.56 Å². The molecule has 0 unspecified atom stereocenters. The number of aromatic nitrogens is 1. The summed E-state index contributed by atoms with van der Waals surface area (Å²) in [6.45, 7) is 0. The molecule has 0 bridgehead atoms. The maximum Gasteiger partial charge on any atom is 0.228 e. The fourth-order valence-corrected chi connectivity index (χ4v) is 2.27. The first-order valence-corrected chi connectivity index (χ1v) is 7.15. The van der Waals surface area contributed by atoms with Gasteiger partial charge >= 0.3 is 0 Å². The lowest BCUT2D eigenvalue weighted by molar-refractivity contribution is -0.115. The predicted octanol–water partition coefficient (Wildman–Crippen LogP) is 3.93. The van der Waals surface area contributed by atoms with E-state index in [1.165, 1.54) is 0 Å². The Balaban J connectivity index is 1.65. The average Bonchev–Trinajstić information content (AvgIpc) is 2.57. The van der Waals surface area contributed by atoms with Crippen LogP contribution < -0.4 is 5.32 Å². The highest BCUT2D eigenvalue weighted by Gasteiger charge is 2.04. The molecule has 1 aromatic heterocycles. The number of anilines is 1. The zero-order valence-corrected chi connectivity index (χ0v) is 12.1. The lowest BCUT2D eigenvalue weighted by Gasteiger charge is -2.07. The van der Waals surface area contributed by atoms with Crippen molar-refractivity contribution in [3.8, 4) is 11.1 Å². The number of carbonyl (C=O) groups excluding carboxylic acids is 1. The van der Waals surface area contributed by atoms with Gasteiger partial charge in [-0.15, -0.1) is 0 Å². The van der Waals surface area contributed by atoms with Gasteiger partial charge in [0.1, 0.15) is 0 Å². The standard InChI is InChI=1S/C19H16N2O/c22-19(13-15-5-4-12-20-14-15)21-18-10-8-17(9-11-18)16-6-2-1-3-7-16/h1-12,14H,13H2,(H,21,22). The van der Waals surface area contributed by atoms with E-state index in [-0.39, 0.29) is 5.91 Å². The van der Waals surface area contributed by atoms with E-state index in [2.05, 4.69) is 22.4 Å². The molecule has 0 aliphatic heterocycles. The van der Waals surface area contributed by atoms with E-state index in [0.717, 1.165) is 22.4 Å². The van der Waals surface area contributed by atoms with E-state index in [4.69, 9.17) is 0 Å². The molecular formula is C19H16N2O. The molecule has 0 aliphatic rings. The second-order valence-corrected chi connectivity index (χ2v) is 5.03. The van der Waals surface area contributed by atoms with Crippen LogP contribution in [0.3, 0.4) is 0 Å². The highest BCUT2D eigenvalue weighted by molar-refractivity contribution is 5.92. The van der Waals surface area contributed by atoms with Crippen molar-refractivity contribution in [2.75, 3.05) is 5.32 Å². The van der Waals surface area contributed by atoms with Crippen LogP contribution in [0.4, 0.5) is 5.69 Å². The Bertz CT molecular complexity index is 737. The molecule has 0 atom stereocenters. The summed E-state index contributed by atoms with van der Waals surface area (Å²) in [6, 6.07) is 21.7. The summed E-state index contributed by atoms with van der Waals surface area (Å²) in [7, 11) is 0. The van der Waals surface area contributed by atoms with Gasteiger partial charge in [-0.1, -0.05) is 48.5 Å². The minimum absolute atomic E-state index is 0.0412. The molecule has 0 saturated heterocycles. The van der Waals surface area contributed by atoms with Crippen LogP contribution >= 0.6 is 0 Å². The van der Waals surface area contributed by atoms with Crippen molar-refractivity contribution in [2.24, 2.45) is 0 Å². The Labute approximate surface area is 129 Å². The summed E-state index contributed by atoms with van der Waals surface area (Å²) < 4.78 is 0. The summed E-state index contributed by atoms with van der Waals surface area (Å²) in [5.41, 5.74) is 4.00. The van der Waals surface area contributed by atoms with E-state index < -0.39 is 0 Å². The molecule has 1 amide bonds. The van der Waals surface area contributed by atoms with Gasteiger partial charge in [-0.05, 0) is 34.9 Å². The predicted molar refractivity (Wildman–Crippen MR) is 88.4 cm³/mol. The monoisotopic (exact) mass is 288 g/mol. The zero-order valence-electron chi connectivity index (χ0n) is 12.1. The van der Waals surface area contributed by atoms with Gasteiger partial charge < -0.3 is 5.32 Å². The maximum atomic E-state index is 12.0. The fraction of sp³-hybridized carbons (Fsp3) is 0.0526. The van der Waals surface area contributed by atoms with Crippen molar-refractivity contribution < 1.29 is 4.79 Å². The number of nitrogens with one attached hydrogen (secondary N) is 1. The number of amides is 1. The molecule has 0 aliphatic carbocycles. The third-order valence-electron chi connectivity index (χ3n) is 3.36. The van der Waals surface area contributed by atoms with Gasteiger partial charge in [0.25, 0.3) is 0 Å². The van der Waals surface area contributed by atoms with E-state index in [1.807, 2.05) is 54.6 Å². The smallest absolute Gasteiger partial charge is 0.228 e. The van der Waals surface area contributed by atoms with Crippen molar-refractivity contribution in [3.63, 3.8) is 0 Å². The summed E-state index contributed by atoms with van der Waals surface area (Å²) in [6.07, 6.45) is 3.73. The second-order valence-electron chi connectivity index (χ2n) is 5.03. The summed E-state index contributed by atoms with van der Waals surface area (Å²) in [5, 5.41) is 2.90. The van der Waals surface area contributed by atoms with Crippen LogP contribution in [0.5, 0.6) is 0 Å². The van der Waals surface area contributed by atoms with Crippen molar-refractivity contribution in [2.45, 2.75) is 6.42 Å². The van der Waals surface area contributed by atoms with Crippen molar-refractivity contribution in [3.05, 3.63) is 84.7 Å². The van der Waals surface area contributed by atoms with Crippen LogP contribution in [0.25, 0.3) is 11.1 Å². The van der Waals surface area contributed by atoms with Gasteiger partial charge in [0.2, 0.25) is 5.91 Å². The largest absolute Gasteiger partial charge is 0.326 e. The topological polar surface area (TPSA) is 42.0 Å². The highest BCUT2D eigenvalue weighted by atomic mass is 16.1. The lowest BCUT2D eigenvalue weighted by Crippen LogP contribution is -2.14. The molecule has 1 N–H and O–H groups in total. The maximum absolute atomic E-state index is 12.0. The van der Waals surface area contributed by atoms with E-state index in [0.29, 0.717) is 6.42 Å². The number of benzene rings is 2. The summed E-state index contributed by atoms with van der Waals surface area (Å²) in [4.78, 5) is 16.0. The number of rotatable bonds is 4. The Morgan fingerprint density at radius 1 is 0.864 bits per heavy atom. The van der Waals surface area contributed by atoms with E-state index >= 15 is 0 Å². The van der Waals surface area contributed by atoms with Crippen LogP contribution in [-0.2, 0) is 11.2 Å². The first-order valence-electron chi connectivity index (χ1n) is 7.15. The first kappa shape index (κ1) is 14.0. The van der Waals surface area contributed by atoms with Crippen molar-refractivity contribution in [1.29, 1.82) is 0 Å². The molecule has 0 spiro atoms. The number of carbonyl (C=O) groups is 1. The molecule has 1 heterocycles.